The number of fused-ring (bicyclic) bond motifs is 1. The quantitative estimate of drug-likeness (QED) is 0.708. The summed E-state index contributed by atoms with van der Waals surface area (Å²) in [6.45, 7) is 10.4. The van der Waals surface area contributed by atoms with Crippen molar-refractivity contribution >= 4 is 11.3 Å². The Labute approximate surface area is 160 Å². The lowest BCUT2D eigenvalue weighted by Crippen LogP contribution is -2.36. The highest BCUT2D eigenvalue weighted by atomic mass is 15.2. The summed E-state index contributed by atoms with van der Waals surface area (Å²) >= 11 is 0. The van der Waals surface area contributed by atoms with E-state index in [9.17, 15) is 0 Å². The first kappa shape index (κ1) is 18.1. The lowest BCUT2D eigenvalue weighted by Gasteiger charge is -2.34. The van der Waals surface area contributed by atoms with Gasteiger partial charge in [-0.15, -0.1) is 0 Å². The Bertz CT molecular complexity index is 910. The Kier molecular flexibility index (Phi) is 4.72. The predicted octanol–water partition coefficient (Wildman–Crippen LogP) is 3.30. The molecule has 0 aliphatic carbocycles. The summed E-state index contributed by atoms with van der Waals surface area (Å²) < 4.78 is 4.01. The molecule has 4 heterocycles. The smallest absolute Gasteiger partial charge is 0.197 e. The lowest BCUT2D eigenvalue weighted by atomic mass is 9.91. The molecule has 0 N–H and O–H groups in total. The molecule has 144 valence electrons. The van der Waals surface area contributed by atoms with E-state index in [0.717, 1.165) is 48.5 Å². The minimum atomic E-state index is 0.398. The van der Waals surface area contributed by atoms with Crippen molar-refractivity contribution in [3.8, 4) is 11.3 Å². The van der Waals surface area contributed by atoms with Gasteiger partial charge in [-0.2, -0.15) is 5.10 Å². The van der Waals surface area contributed by atoms with Gasteiger partial charge in [0.1, 0.15) is 0 Å². The number of rotatable bonds is 4. The Morgan fingerprint density at radius 1 is 1.11 bits per heavy atom. The third-order valence-corrected chi connectivity index (χ3v) is 5.41. The highest BCUT2D eigenvalue weighted by Gasteiger charge is 2.24. The van der Waals surface area contributed by atoms with Crippen LogP contribution in [-0.2, 0) is 7.05 Å². The van der Waals surface area contributed by atoms with Gasteiger partial charge in [0, 0.05) is 37.9 Å². The maximum Gasteiger partial charge on any atom is 0.197 e. The van der Waals surface area contributed by atoms with Gasteiger partial charge < -0.3 is 9.47 Å². The van der Waals surface area contributed by atoms with Gasteiger partial charge in [0.15, 0.2) is 11.3 Å². The van der Waals surface area contributed by atoms with Crippen LogP contribution in [-0.4, -0.2) is 53.8 Å². The van der Waals surface area contributed by atoms with E-state index in [0.29, 0.717) is 11.5 Å². The monoisotopic (exact) mass is 367 g/mol. The number of piperidine rings is 1. The molecule has 0 aromatic carbocycles. The van der Waals surface area contributed by atoms with Gasteiger partial charge in [-0.25, -0.2) is 15.0 Å². The molecular weight excluding hydrogens is 338 g/mol. The molecule has 3 aromatic rings. The number of nitrogens with zero attached hydrogens (tertiary/aromatic N) is 7. The fraction of sp³-hybridized carbons (Fsp3) is 0.600. The van der Waals surface area contributed by atoms with E-state index in [1.54, 1.807) is 10.9 Å². The number of hydrogen-bond acceptors (Lipinski definition) is 5. The molecule has 0 radical (unpaired) electrons. The maximum atomic E-state index is 4.85. The van der Waals surface area contributed by atoms with E-state index in [1.165, 1.54) is 13.0 Å². The first-order valence-corrected chi connectivity index (χ1v) is 9.80. The van der Waals surface area contributed by atoms with E-state index in [2.05, 4.69) is 45.3 Å². The average Bonchev–Trinajstić information content (AvgIpc) is 3.25. The summed E-state index contributed by atoms with van der Waals surface area (Å²) in [5.41, 5.74) is 3.83. The second-order valence-corrected chi connectivity index (χ2v) is 8.84. The van der Waals surface area contributed by atoms with Crippen LogP contribution < -0.4 is 0 Å². The molecule has 3 aromatic heterocycles. The van der Waals surface area contributed by atoms with Gasteiger partial charge in [0.2, 0.25) is 0 Å². The molecule has 4 rings (SSSR count). The zero-order chi connectivity index (χ0) is 19.0. The summed E-state index contributed by atoms with van der Waals surface area (Å²) in [7, 11) is 1.91. The van der Waals surface area contributed by atoms with Crippen molar-refractivity contribution in [3.63, 3.8) is 0 Å². The number of imidazole rings is 1. The molecule has 0 unspecified atom stereocenters. The van der Waals surface area contributed by atoms with Gasteiger partial charge in [-0.3, -0.25) is 4.68 Å². The third kappa shape index (κ3) is 4.03. The van der Waals surface area contributed by atoms with Crippen LogP contribution in [0.4, 0.5) is 0 Å². The van der Waals surface area contributed by atoms with Crippen molar-refractivity contribution in [2.75, 3.05) is 19.6 Å². The topological polar surface area (TPSA) is 64.7 Å². The van der Waals surface area contributed by atoms with Gasteiger partial charge >= 0.3 is 0 Å². The minimum Gasteiger partial charge on any atom is -0.311 e. The zero-order valence-electron chi connectivity index (χ0n) is 16.8. The summed E-state index contributed by atoms with van der Waals surface area (Å²) in [6, 6.07) is 0.444. The molecule has 7 heteroatoms. The van der Waals surface area contributed by atoms with Crippen molar-refractivity contribution in [3.05, 3.63) is 24.9 Å². The van der Waals surface area contributed by atoms with E-state index >= 15 is 0 Å². The first-order chi connectivity index (χ1) is 12.9. The Morgan fingerprint density at radius 3 is 2.56 bits per heavy atom. The van der Waals surface area contributed by atoms with Crippen LogP contribution in [0.2, 0.25) is 0 Å². The van der Waals surface area contributed by atoms with Gasteiger partial charge in [0.25, 0.3) is 0 Å². The maximum absolute atomic E-state index is 4.85. The Balaban J connectivity index is 1.49. The minimum absolute atomic E-state index is 0.398. The summed E-state index contributed by atoms with van der Waals surface area (Å²) in [5.74, 6) is 0. The third-order valence-electron chi connectivity index (χ3n) is 5.41. The van der Waals surface area contributed by atoms with Crippen LogP contribution in [0, 0.1) is 5.41 Å². The molecule has 1 fully saturated rings. The number of aromatic nitrogens is 6. The fourth-order valence-corrected chi connectivity index (χ4v) is 3.68. The summed E-state index contributed by atoms with van der Waals surface area (Å²) in [4.78, 5) is 16.4. The van der Waals surface area contributed by atoms with Crippen molar-refractivity contribution in [1.82, 2.24) is 34.2 Å². The molecule has 0 atom stereocenters. The van der Waals surface area contributed by atoms with Crippen LogP contribution in [0.25, 0.3) is 22.6 Å². The van der Waals surface area contributed by atoms with Crippen LogP contribution in [0.1, 0.15) is 46.1 Å². The van der Waals surface area contributed by atoms with Crippen molar-refractivity contribution in [2.24, 2.45) is 12.5 Å². The molecule has 1 saturated heterocycles. The second-order valence-electron chi connectivity index (χ2n) is 8.84. The molecular formula is C20H29N7. The Hall–Kier alpha value is -2.28. The number of aryl methyl sites for hydroxylation is 1. The summed E-state index contributed by atoms with van der Waals surface area (Å²) in [6.07, 6.45) is 11.0. The van der Waals surface area contributed by atoms with Crippen molar-refractivity contribution < 1.29 is 0 Å². The largest absolute Gasteiger partial charge is 0.311 e. The molecule has 1 aliphatic heterocycles. The van der Waals surface area contributed by atoms with E-state index < -0.39 is 0 Å². The van der Waals surface area contributed by atoms with Crippen LogP contribution >= 0.6 is 0 Å². The van der Waals surface area contributed by atoms with Gasteiger partial charge in [0.05, 0.1) is 24.4 Å². The lowest BCUT2D eigenvalue weighted by molar-refractivity contribution is 0.166. The zero-order valence-corrected chi connectivity index (χ0v) is 16.8. The molecule has 0 spiro atoms. The van der Waals surface area contributed by atoms with E-state index in [1.807, 2.05) is 25.8 Å². The highest BCUT2D eigenvalue weighted by Crippen LogP contribution is 2.28. The van der Waals surface area contributed by atoms with E-state index in [-0.39, 0.29) is 0 Å². The Morgan fingerprint density at radius 2 is 1.89 bits per heavy atom. The van der Waals surface area contributed by atoms with E-state index in [4.69, 9.17) is 4.98 Å². The fourth-order valence-electron chi connectivity index (χ4n) is 3.68. The van der Waals surface area contributed by atoms with Crippen LogP contribution in [0.3, 0.4) is 0 Å². The number of hydrogen-bond donors (Lipinski definition) is 0. The average molecular weight is 368 g/mol. The molecule has 7 nitrogen and oxygen atoms in total. The normalized spacial score (nSPS) is 17.0. The first-order valence-electron chi connectivity index (χ1n) is 9.80. The summed E-state index contributed by atoms with van der Waals surface area (Å²) in [5, 5.41) is 4.24. The van der Waals surface area contributed by atoms with Crippen molar-refractivity contribution in [1.29, 1.82) is 0 Å². The second kappa shape index (κ2) is 7.03. The molecule has 0 amide bonds. The molecule has 0 bridgehead atoms. The van der Waals surface area contributed by atoms with Crippen molar-refractivity contribution in [2.45, 2.75) is 46.1 Å². The molecule has 1 aliphatic rings. The molecule has 27 heavy (non-hydrogen) atoms. The number of likely N-dealkylation sites (tertiary alicyclic amines) is 1. The SMILES string of the molecule is Cn1cc(-c2cnc3ncn(C4CCN(CCC(C)(C)C)CC4)c3n2)cn1. The molecule has 0 saturated carbocycles. The van der Waals surface area contributed by atoms with Crippen LogP contribution in [0.5, 0.6) is 0 Å². The standard InChI is InChI=1S/C20H29N7/c1-20(2,3)7-10-26-8-5-16(6-9-26)27-14-22-18-19(27)24-17(12-21-18)15-11-23-25(4)13-15/h11-14,16H,5-10H2,1-4H3. The van der Waals surface area contributed by atoms with Crippen LogP contribution in [0.15, 0.2) is 24.9 Å². The van der Waals surface area contributed by atoms with Gasteiger partial charge in [-0.05, 0) is 31.2 Å². The predicted molar refractivity (Wildman–Crippen MR) is 106 cm³/mol. The van der Waals surface area contributed by atoms with Gasteiger partial charge in [-0.1, -0.05) is 20.8 Å². The highest BCUT2D eigenvalue weighted by molar-refractivity contribution is 5.70.